The van der Waals surface area contributed by atoms with Crippen LogP contribution in [-0.2, 0) is 0 Å². The summed E-state index contributed by atoms with van der Waals surface area (Å²) < 4.78 is 0. The van der Waals surface area contributed by atoms with Gasteiger partial charge in [-0.15, -0.1) is 0 Å². The zero-order valence-electron chi connectivity index (χ0n) is 10.0. The Morgan fingerprint density at radius 1 is 1.10 bits per heavy atom. The fourth-order valence-corrected chi connectivity index (χ4v) is 2.31. The molecule has 20 heavy (non-hydrogen) atoms. The van der Waals surface area contributed by atoms with Crippen LogP contribution in [0.4, 0.5) is 0 Å². The molecule has 0 aliphatic heterocycles. The molecule has 100 valence electrons. The maximum atomic E-state index is 10.9. The number of aromatic nitrogens is 2. The van der Waals surface area contributed by atoms with Crippen molar-refractivity contribution >= 4 is 40.1 Å². The number of aromatic carboxylic acids is 1. The first-order chi connectivity index (χ1) is 9.56. The summed E-state index contributed by atoms with van der Waals surface area (Å²) in [7, 11) is 0. The lowest BCUT2D eigenvalue weighted by Crippen LogP contribution is -1.94. The van der Waals surface area contributed by atoms with Crippen LogP contribution in [0.15, 0.2) is 36.4 Å². The topological polar surface area (TPSA) is 66.0 Å². The number of nitrogens with one attached hydrogen (secondary N) is 1. The fraction of sp³-hybridized carbons (Fsp3) is 0. The molecule has 1 aromatic heterocycles. The number of carboxylic acid groups (broad SMARTS) is 1. The van der Waals surface area contributed by atoms with Crippen molar-refractivity contribution in [2.75, 3.05) is 0 Å². The highest BCUT2D eigenvalue weighted by Gasteiger charge is 2.12. The Morgan fingerprint density at radius 2 is 1.90 bits per heavy atom. The van der Waals surface area contributed by atoms with Crippen LogP contribution >= 0.6 is 23.2 Å². The first-order valence-corrected chi connectivity index (χ1v) is 6.48. The molecule has 1 heterocycles. The van der Waals surface area contributed by atoms with Crippen LogP contribution in [0.5, 0.6) is 0 Å². The highest BCUT2D eigenvalue weighted by Crippen LogP contribution is 2.31. The third-order valence-electron chi connectivity index (χ3n) is 3.00. The van der Waals surface area contributed by atoms with Gasteiger partial charge in [0.2, 0.25) is 0 Å². The lowest BCUT2D eigenvalue weighted by atomic mass is 10.1. The van der Waals surface area contributed by atoms with E-state index >= 15 is 0 Å². The summed E-state index contributed by atoms with van der Waals surface area (Å²) in [5.74, 6) is -0.974. The SMILES string of the molecule is O=C(O)c1ccc2c(-c3ccc(Cl)c(Cl)c3)n[nH]c2c1. The van der Waals surface area contributed by atoms with Crippen molar-refractivity contribution in [3.8, 4) is 11.3 Å². The van der Waals surface area contributed by atoms with Crippen LogP contribution in [-0.4, -0.2) is 21.3 Å². The lowest BCUT2D eigenvalue weighted by molar-refractivity contribution is 0.0697. The molecule has 0 spiro atoms. The van der Waals surface area contributed by atoms with Gasteiger partial charge in [0, 0.05) is 10.9 Å². The molecule has 0 saturated heterocycles. The summed E-state index contributed by atoms with van der Waals surface area (Å²) in [6.45, 7) is 0. The van der Waals surface area contributed by atoms with Crippen molar-refractivity contribution in [3.63, 3.8) is 0 Å². The minimum atomic E-state index is -0.974. The summed E-state index contributed by atoms with van der Waals surface area (Å²) >= 11 is 11.9. The van der Waals surface area contributed by atoms with Gasteiger partial charge >= 0.3 is 5.97 Å². The second-order valence-electron chi connectivity index (χ2n) is 4.27. The molecule has 0 aliphatic rings. The van der Waals surface area contributed by atoms with Crippen molar-refractivity contribution in [1.29, 1.82) is 0 Å². The van der Waals surface area contributed by atoms with Gasteiger partial charge in [-0.2, -0.15) is 5.10 Å². The summed E-state index contributed by atoms with van der Waals surface area (Å²) in [6.07, 6.45) is 0. The van der Waals surface area contributed by atoms with E-state index in [4.69, 9.17) is 28.3 Å². The van der Waals surface area contributed by atoms with Crippen molar-refractivity contribution in [1.82, 2.24) is 10.2 Å². The molecule has 3 rings (SSSR count). The number of carbonyl (C=O) groups is 1. The van der Waals surface area contributed by atoms with Crippen LogP contribution in [0.3, 0.4) is 0 Å². The minimum Gasteiger partial charge on any atom is -0.478 e. The lowest BCUT2D eigenvalue weighted by Gasteiger charge is -2.01. The Morgan fingerprint density at radius 3 is 2.60 bits per heavy atom. The Bertz CT molecular complexity index is 827. The standard InChI is InChI=1S/C14H8Cl2N2O2/c15-10-4-2-7(5-11(10)16)13-9-3-1-8(14(19)20)6-12(9)17-18-13/h1-6H,(H,17,18)(H,19,20). The molecule has 2 N–H and O–H groups in total. The van der Waals surface area contributed by atoms with Gasteiger partial charge in [0.1, 0.15) is 0 Å². The van der Waals surface area contributed by atoms with E-state index in [0.29, 0.717) is 21.3 Å². The van der Waals surface area contributed by atoms with Gasteiger partial charge in [-0.05, 0) is 30.3 Å². The van der Waals surface area contributed by atoms with Crippen molar-refractivity contribution in [2.45, 2.75) is 0 Å². The average Bonchev–Trinajstić information content (AvgIpc) is 2.84. The van der Waals surface area contributed by atoms with Gasteiger partial charge in [0.05, 0.1) is 26.8 Å². The number of aromatic amines is 1. The molecule has 3 aromatic rings. The minimum absolute atomic E-state index is 0.210. The molecule has 2 aromatic carbocycles. The van der Waals surface area contributed by atoms with E-state index in [1.807, 2.05) is 6.07 Å². The summed E-state index contributed by atoms with van der Waals surface area (Å²) in [4.78, 5) is 10.9. The van der Waals surface area contributed by atoms with Gasteiger partial charge in [-0.3, -0.25) is 5.10 Å². The molecule has 6 heteroatoms. The first-order valence-electron chi connectivity index (χ1n) is 5.73. The molecule has 0 saturated carbocycles. The maximum absolute atomic E-state index is 10.9. The quantitative estimate of drug-likeness (QED) is 0.744. The van der Waals surface area contributed by atoms with E-state index in [1.165, 1.54) is 0 Å². The number of hydrogen-bond acceptors (Lipinski definition) is 2. The smallest absolute Gasteiger partial charge is 0.335 e. The highest BCUT2D eigenvalue weighted by atomic mass is 35.5. The van der Waals surface area contributed by atoms with Gasteiger partial charge < -0.3 is 5.11 Å². The van der Waals surface area contributed by atoms with Crippen molar-refractivity contribution < 1.29 is 9.90 Å². The maximum Gasteiger partial charge on any atom is 0.335 e. The average molecular weight is 307 g/mol. The summed E-state index contributed by atoms with van der Waals surface area (Å²) in [5, 5.41) is 17.8. The number of hydrogen-bond donors (Lipinski definition) is 2. The number of fused-ring (bicyclic) bond motifs is 1. The predicted octanol–water partition coefficient (Wildman–Crippen LogP) is 4.23. The van der Waals surface area contributed by atoms with Gasteiger partial charge in [0.25, 0.3) is 0 Å². The van der Waals surface area contributed by atoms with Crippen LogP contribution in [0.25, 0.3) is 22.2 Å². The number of halogens is 2. The molecule has 0 atom stereocenters. The van der Waals surface area contributed by atoms with E-state index in [-0.39, 0.29) is 5.56 Å². The summed E-state index contributed by atoms with van der Waals surface area (Å²) in [5.41, 5.74) is 2.39. The second kappa shape index (κ2) is 4.81. The molecule has 0 unspecified atom stereocenters. The third-order valence-corrected chi connectivity index (χ3v) is 3.74. The van der Waals surface area contributed by atoms with Crippen LogP contribution in [0.2, 0.25) is 10.0 Å². The predicted molar refractivity (Wildman–Crippen MR) is 78.5 cm³/mol. The van der Waals surface area contributed by atoms with Crippen molar-refractivity contribution in [3.05, 3.63) is 52.0 Å². The molecule has 0 bridgehead atoms. The van der Waals surface area contributed by atoms with E-state index in [1.54, 1.807) is 30.3 Å². The number of nitrogens with zero attached hydrogens (tertiary/aromatic N) is 1. The number of carboxylic acids is 1. The van der Waals surface area contributed by atoms with E-state index in [0.717, 1.165) is 10.9 Å². The number of rotatable bonds is 2. The molecular weight excluding hydrogens is 299 g/mol. The highest BCUT2D eigenvalue weighted by molar-refractivity contribution is 6.42. The molecular formula is C14H8Cl2N2O2. The van der Waals surface area contributed by atoms with E-state index < -0.39 is 5.97 Å². The third kappa shape index (κ3) is 2.13. The van der Waals surface area contributed by atoms with Gasteiger partial charge in [-0.1, -0.05) is 29.3 Å². The van der Waals surface area contributed by atoms with Crippen LogP contribution in [0, 0.1) is 0 Å². The Labute approximate surface area is 123 Å². The van der Waals surface area contributed by atoms with Gasteiger partial charge in [-0.25, -0.2) is 4.79 Å². The number of benzene rings is 2. The normalized spacial score (nSPS) is 10.9. The van der Waals surface area contributed by atoms with Gasteiger partial charge in [0.15, 0.2) is 0 Å². The Hall–Kier alpha value is -2.04. The summed E-state index contributed by atoms with van der Waals surface area (Å²) in [6, 6.07) is 10.1. The Balaban J connectivity index is 2.17. The van der Waals surface area contributed by atoms with Crippen molar-refractivity contribution in [2.24, 2.45) is 0 Å². The monoisotopic (exact) mass is 306 g/mol. The molecule has 0 radical (unpaired) electrons. The fourth-order valence-electron chi connectivity index (χ4n) is 2.02. The molecule has 0 amide bonds. The van der Waals surface area contributed by atoms with Crippen LogP contribution in [0.1, 0.15) is 10.4 Å². The second-order valence-corrected chi connectivity index (χ2v) is 5.08. The largest absolute Gasteiger partial charge is 0.478 e. The van der Waals surface area contributed by atoms with E-state index in [2.05, 4.69) is 10.2 Å². The van der Waals surface area contributed by atoms with E-state index in [9.17, 15) is 4.79 Å². The zero-order chi connectivity index (χ0) is 14.3. The Kier molecular flexibility index (Phi) is 3.12. The zero-order valence-corrected chi connectivity index (χ0v) is 11.5. The molecule has 0 fully saturated rings. The molecule has 0 aliphatic carbocycles. The first kappa shape index (κ1) is 13.0. The van der Waals surface area contributed by atoms with Crippen LogP contribution < -0.4 is 0 Å². The molecule has 4 nitrogen and oxygen atoms in total. The number of H-pyrrole nitrogens is 1.